The zero-order valence-corrected chi connectivity index (χ0v) is 16.8. The van der Waals surface area contributed by atoms with Crippen LogP contribution in [0.15, 0.2) is 53.0 Å². The number of fused-ring (bicyclic) bond motifs is 1. The third-order valence-electron chi connectivity index (χ3n) is 4.76. The van der Waals surface area contributed by atoms with Gasteiger partial charge in [0.15, 0.2) is 11.6 Å². The van der Waals surface area contributed by atoms with E-state index in [2.05, 4.69) is 48.7 Å². The van der Waals surface area contributed by atoms with E-state index in [4.69, 9.17) is 0 Å². The van der Waals surface area contributed by atoms with E-state index in [9.17, 15) is 4.79 Å². The Hall–Kier alpha value is -3.42. The van der Waals surface area contributed by atoms with Crippen LogP contribution in [0.1, 0.15) is 25.1 Å². The van der Waals surface area contributed by atoms with Crippen molar-refractivity contribution in [3.05, 3.63) is 54.0 Å². The van der Waals surface area contributed by atoms with Crippen molar-refractivity contribution in [2.75, 3.05) is 18.0 Å². The van der Waals surface area contributed by atoms with Gasteiger partial charge in [-0.2, -0.15) is 5.11 Å². The van der Waals surface area contributed by atoms with Gasteiger partial charge in [-0.1, -0.05) is 12.1 Å². The molecule has 1 N–H and O–H groups in total. The number of urea groups is 1. The highest BCUT2D eigenvalue weighted by molar-refractivity contribution is 5.94. The molecule has 2 aromatic heterocycles. The summed E-state index contributed by atoms with van der Waals surface area (Å²) < 4.78 is 0. The van der Waals surface area contributed by atoms with Gasteiger partial charge in [0.2, 0.25) is 0 Å². The Bertz CT molecular complexity index is 1090. The minimum absolute atomic E-state index is 0.163. The van der Waals surface area contributed by atoms with E-state index in [0.29, 0.717) is 30.4 Å². The Morgan fingerprint density at radius 1 is 1.24 bits per heavy atom. The van der Waals surface area contributed by atoms with Crippen molar-refractivity contribution in [3.8, 4) is 0 Å². The molecule has 1 saturated heterocycles. The van der Waals surface area contributed by atoms with Crippen LogP contribution >= 0.6 is 0 Å². The van der Waals surface area contributed by atoms with E-state index in [1.54, 1.807) is 17.3 Å². The lowest BCUT2D eigenvalue weighted by Crippen LogP contribution is -2.36. The Morgan fingerprint density at radius 2 is 2.10 bits per heavy atom. The molecule has 1 fully saturated rings. The van der Waals surface area contributed by atoms with E-state index >= 15 is 0 Å². The Labute approximate surface area is 169 Å². The van der Waals surface area contributed by atoms with Crippen LogP contribution in [0.2, 0.25) is 0 Å². The maximum Gasteiger partial charge on any atom is 0.323 e. The molecule has 148 valence electrons. The number of hydrogen-bond acceptors (Lipinski definition) is 6. The van der Waals surface area contributed by atoms with Crippen LogP contribution in [-0.4, -0.2) is 39.6 Å². The highest BCUT2D eigenvalue weighted by Gasteiger charge is 2.36. The van der Waals surface area contributed by atoms with Gasteiger partial charge in [-0.25, -0.2) is 14.8 Å². The van der Waals surface area contributed by atoms with Crippen LogP contribution in [0.3, 0.4) is 0 Å². The van der Waals surface area contributed by atoms with Crippen molar-refractivity contribution in [2.45, 2.75) is 32.7 Å². The number of pyridine rings is 1. The molecular weight excluding hydrogens is 366 g/mol. The number of carbonyl (C=O) groups excluding carboxylic acids is 1. The summed E-state index contributed by atoms with van der Waals surface area (Å²) in [6, 6.07) is 10.0. The molecule has 0 unspecified atom stereocenters. The molecule has 0 spiro atoms. The number of nitrogens with zero attached hydrogens (tertiary/aromatic N) is 6. The summed E-state index contributed by atoms with van der Waals surface area (Å²) in [4.78, 5) is 26.9. The first-order chi connectivity index (χ1) is 13.9. The topological polar surface area (TPSA) is 95.7 Å². The number of amides is 2. The molecule has 2 amide bonds. The normalized spacial score (nSPS) is 16.0. The summed E-state index contributed by atoms with van der Waals surface area (Å²) in [5.74, 6) is 0.990. The van der Waals surface area contributed by atoms with Crippen molar-refractivity contribution in [1.82, 2.24) is 20.3 Å². The zero-order chi connectivity index (χ0) is 20.4. The Morgan fingerprint density at radius 3 is 2.86 bits per heavy atom. The van der Waals surface area contributed by atoms with Crippen molar-refractivity contribution in [3.63, 3.8) is 0 Å². The van der Waals surface area contributed by atoms with Crippen molar-refractivity contribution < 1.29 is 4.79 Å². The second-order valence-corrected chi connectivity index (χ2v) is 7.78. The third-order valence-corrected chi connectivity index (χ3v) is 4.76. The fourth-order valence-electron chi connectivity index (χ4n) is 3.32. The molecule has 1 aromatic carbocycles. The van der Waals surface area contributed by atoms with Crippen molar-refractivity contribution in [2.24, 2.45) is 10.2 Å². The lowest BCUT2D eigenvalue weighted by molar-refractivity contribution is 0.248. The van der Waals surface area contributed by atoms with Crippen LogP contribution in [0.25, 0.3) is 10.9 Å². The van der Waals surface area contributed by atoms with Gasteiger partial charge in [0.25, 0.3) is 0 Å². The van der Waals surface area contributed by atoms with E-state index in [1.807, 2.05) is 32.9 Å². The third kappa shape index (κ3) is 4.21. The number of aryl methyl sites for hydroxylation is 1. The summed E-state index contributed by atoms with van der Waals surface area (Å²) in [7, 11) is 0. The molecule has 0 radical (unpaired) electrons. The number of carbonyl (C=O) groups is 1. The first-order valence-electron chi connectivity index (χ1n) is 9.56. The summed E-state index contributed by atoms with van der Waals surface area (Å²) in [6.07, 6.45) is 4.14. The summed E-state index contributed by atoms with van der Waals surface area (Å²) in [5.41, 5.74) is 2.52. The van der Waals surface area contributed by atoms with Crippen LogP contribution in [0, 0.1) is 6.92 Å². The second kappa shape index (κ2) is 7.54. The molecule has 3 heterocycles. The molecule has 1 aliphatic rings. The standard InChI is InChI=1S/C21H23N7O/c1-14-19(23-12-18(25-14)28-13-21(2,3)26-20(28)29)27-24-10-8-15-6-7-17-16(11-15)5-4-9-22-17/h4-7,9,11-12H,8,10,13H2,1-3H3,(H,26,29). The summed E-state index contributed by atoms with van der Waals surface area (Å²) >= 11 is 0. The number of azo groups is 1. The van der Waals surface area contributed by atoms with E-state index in [-0.39, 0.29) is 11.6 Å². The first-order valence-corrected chi connectivity index (χ1v) is 9.56. The fourth-order valence-corrected chi connectivity index (χ4v) is 3.32. The van der Waals surface area contributed by atoms with Gasteiger partial charge in [-0.3, -0.25) is 9.88 Å². The number of rotatable bonds is 5. The summed E-state index contributed by atoms with van der Waals surface area (Å²) in [5, 5.41) is 12.5. The Kier molecular flexibility index (Phi) is 4.92. The van der Waals surface area contributed by atoms with Crippen LogP contribution < -0.4 is 10.2 Å². The molecule has 0 aliphatic carbocycles. The van der Waals surface area contributed by atoms with Gasteiger partial charge in [-0.15, -0.1) is 5.11 Å². The van der Waals surface area contributed by atoms with Gasteiger partial charge < -0.3 is 5.32 Å². The molecule has 8 heteroatoms. The molecule has 3 aromatic rings. The highest BCUT2D eigenvalue weighted by Crippen LogP contribution is 2.23. The summed E-state index contributed by atoms with van der Waals surface area (Å²) in [6.45, 7) is 6.86. The monoisotopic (exact) mass is 389 g/mol. The predicted molar refractivity (Wildman–Crippen MR) is 112 cm³/mol. The highest BCUT2D eigenvalue weighted by atomic mass is 16.2. The first kappa shape index (κ1) is 18.9. The van der Waals surface area contributed by atoms with Crippen LogP contribution in [0.5, 0.6) is 0 Å². The smallest absolute Gasteiger partial charge is 0.323 e. The van der Waals surface area contributed by atoms with Gasteiger partial charge in [0.1, 0.15) is 0 Å². The fraction of sp³-hybridized carbons (Fsp3) is 0.333. The number of aromatic nitrogens is 3. The predicted octanol–water partition coefficient (Wildman–Crippen LogP) is 3.97. The number of nitrogens with one attached hydrogen (secondary N) is 1. The minimum Gasteiger partial charge on any atom is -0.331 e. The molecular formula is C21H23N7O. The molecule has 4 rings (SSSR count). The minimum atomic E-state index is -0.288. The molecule has 0 atom stereocenters. The van der Waals surface area contributed by atoms with Gasteiger partial charge in [0, 0.05) is 11.6 Å². The molecule has 8 nitrogen and oxygen atoms in total. The zero-order valence-electron chi connectivity index (χ0n) is 16.8. The van der Waals surface area contributed by atoms with Crippen molar-refractivity contribution >= 4 is 28.6 Å². The Balaban J connectivity index is 1.40. The van der Waals surface area contributed by atoms with Crippen molar-refractivity contribution in [1.29, 1.82) is 0 Å². The number of hydrogen-bond donors (Lipinski definition) is 1. The van der Waals surface area contributed by atoms with Gasteiger partial charge in [0.05, 0.1) is 36.0 Å². The average Bonchev–Trinajstić information content (AvgIpc) is 2.98. The largest absolute Gasteiger partial charge is 0.331 e. The lowest BCUT2D eigenvalue weighted by Gasteiger charge is -2.17. The number of anilines is 1. The molecule has 0 saturated carbocycles. The van der Waals surface area contributed by atoms with E-state index < -0.39 is 0 Å². The quantitative estimate of drug-likeness (QED) is 0.668. The van der Waals surface area contributed by atoms with Crippen LogP contribution in [0.4, 0.5) is 16.4 Å². The molecule has 29 heavy (non-hydrogen) atoms. The maximum absolute atomic E-state index is 12.1. The van der Waals surface area contributed by atoms with Gasteiger partial charge >= 0.3 is 6.03 Å². The van der Waals surface area contributed by atoms with Crippen LogP contribution in [-0.2, 0) is 6.42 Å². The molecule has 0 bridgehead atoms. The number of benzene rings is 1. The lowest BCUT2D eigenvalue weighted by atomic mass is 10.1. The van der Waals surface area contributed by atoms with Gasteiger partial charge in [-0.05, 0) is 51.0 Å². The van der Waals surface area contributed by atoms with E-state index in [0.717, 1.165) is 17.3 Å². The average molecular weight is 389 g/mol. The second-order valence-electron chi connectivity index (χ2n) is 7.78. The molecule has 1 aliphatic heterocycles. The SMILES string of the molecule is Cc1nc(N2CC(C)(C)NC2=O)cnc1N=NCCc1ccc2ncccc2c1. The van der Waals surface area contributed by atoms with E-state index in [1.165, 1.54) is 5.56 Å². The maximum atomic E-state index is 12.1.